The van der Waals surface area contributed by atoms with Crippen LogP contribution in [0.4, 0.5) is 4.39 Å². The number of halogens is 1. The number of aryl methyl sites for hydroxylation is 1. The Bertz CT molecular complexity index is 572. The van der Waals surface area contributed by atoms with E-state index in [1.165, 1.54) is 6.07 Å². The number of piperidine rings is 1. The third kappa shape index (κ3) is 6.57. The Morgan fingerprint density at radius 3 is 2.73 bits per heavy atom. The number of nitrogens with zero attached hydrogens (tertiary/aromatic N) is 2. The van der Waals surface area contributed by atoms with Crippen LogP contribution < -0.4 is 5.32 Å². The summed E-state index contributed by atoms with van der Waals surface area (Å²) in [6.45, 7) is 8.61. The zero-order valence-electron chi connectivity index (χ0n) is 16.3. The standard InChI is InChI=1S/C20H32FN3O2/c1-4-22-20(23-15-17-6-7-19(21)16(2)14-17)24-10-8-18(9-11-24)26-13-5-12-25-3/h6-7,14,18H,4-5,8-13,15H2,1-3H3,(H,22,23). The van der Waals surface area contributed by atoms with Crippen LogP contribution in [0.2, 0.25) is 0 Å². The van der Waals surface area contributed by atoms with Crippen molar-refractivity contribution in [3.05, 3.63) is 35.1 Å². The summed E-state index contributed by atoms with van der Waals surface area (Å²) in [6.07, 6.45) is 3.28. The number of guanidine groups is 1. The van der Waals surface area contributed by atoms with Gasteiger partial charge in [-0.1, -0.05) is 12.1 Å². The first-order valence-corrected chi connectivity index (χ1v) is 9.52. The lowest BCUT2D eigenvalue weighted by Gasteiger charge is -2.34. The van der Waals surface area contributed by atoms with E-state index in [-0.39, 0.29) is 5.82 Å². The van der Waals surface area contributed by atoms with Crippen LogP contribution in [0.3, 0.4) is 0 Å². The Morgan fingerprint density at radius 1 is 1.31 bits per heavy atom. The zero-order chi connectivity index (χ0) is 18.8. The molecule has 0 saturated carbocycles. The maximum Gasteiger partial charge on any atom is 0.194 e. The number of methoxy groups -OCH3 is 1. The van der Waals surface area contributed by atoms with Crippen LogP contribution in [0.5, 0.6) is 0 Å². The number of nitrogens with one attached hydrogen (secondary N) is 1. The number of benzene rings is 1. The van der Waals surface area contributed by atoms with Gasteiger partial charge in [0.05, 0.1) is 12.6 Å². The molecule has 1 N–H and O–H groups in total. The Balaban J connectivity index is 1.86. The minimum atomic E-state index is -0.169. The van der Waals surface area contributed by atoms with Crippen molar-refractivity contribution in [1.82, 2.24) is 10.2 Å². The molecule has 0 atom stereocenters. The molecule has 1 aliphatic rings. The summed E-state index contributed by atoms with van der Waals surface area (Å²) in [6, 6.07) is 5.18. The van der Waals surface area contributed by atoms with Gasteiger partial charge < -0.3 is 19.7 Å². The van der Waals surface area contributed by atoms with Crippen LogP contribution in [0.1, 0.15) is 37.3 Å². The molecule has 0 radical (unpaired) electrons. The van der Waals surface area contributed by atoms with Crippen molar-refractivity contribution < 1.29 is 13.9 Å². The van der Waals surface area contributed by atoms with Gasteiger partial charge in [-0.2, -0.15) is 0 Å². The molecule has 26 heavy (non-hydrogen) atoms. The molecule has 1 aromatic carbocycles. The lowest BCUT2D eigenvalue weighted by atomic mass is 10.1. The molecule has 146 valence electrons. The topological polar surface area (TPSA) is 46.1 Å². The third-order valence-corrected chi connectivity index (χ3v) is 4.56. The van der Waals surface area contributed by atoms with Crippen LogP contribution in [0, 0.1) is 12.7 Å². The monoisotopic (exact) mass is 365 g/mol. The molecule has 0 unspecified atom stereocenters. The molecule has 1 heterocycles. The molecule has 0 bridgehead atoms. The molecule has 1 aromatic rings. The SMILES string of the molecule is CCNC(=NCc1ccc(F)c(C)c1)N1CCC(OCCCOC)CC1. The highest BCUT2D eigenvalue weighted by molar-refractivity contribution is 5.80. The average Bonchev–Trinajstić information content (AvgIpc) is 2.65. The highest BCUT2D eigenvalue weighted by Crippen LogP contribution is 2.15. The number of aliphatic imine (C=N–C) groups is 1. The second-order valence-corrected chi connectivity index (χ2v) is 6.66. The quantitative estimate of drug-likeness (QED) is 0.437. The lowest BCUT2D eigenvalue weighted by molar-refractivity contribution is 0.00990. The molecule has 2 rings (SSSR count). The second-order valence-electron chi connectivity index (χ2n) is 6.66. The largest absolute Gasteiger partial charge is 0.385 e. The lowest BCUT2D eigenvalue weighted by Crippen LogP contribution is -2.47. The minimum absolute atomic E-state index is 0.169. The predicted molar refractivity (Wildman–Crippen MR) is 103 cm³/mol. The maximum absolute atomic E-state index is 13.4. The first kappa shape index (κ1) is 20.6. The first-order chi connectivity index (χ1) is 12.6. The molecule has 0 aliphatic carbocycles. The average molecular weight is 365 g/mol. The van der Waals surface area contributed by atoms with E-state index in [4.69, 9.17) is 14.5 Å². The van der Waals surface area contributed by atoms with Crippen LogP contribution in [-0.4, -0.2) is 56.9 Å². The van der Waals surface area contributed by atoms with Gasteiger partial charge in [0, 0.05) is 40.0 Å². The number of rotatable bonds is 8. The number of likely N-dealkylation sites (tertiary alicyclic amines) is 1. The van der Waals surface area contributed by atoms with Crippen molar-refractivity contribution in [2.45, 2.75) is 45.8 Å². The summed E-state index contributed by atoms with van der Waals surface area (Å²) >= 11 is 0. The van der Waals surface area contributed by atoms with Crippen LogP contribution >= 0.6 is 0 Å². The van der Waals surface area contributed by atoms with E-state index in [1.54, 1.807) is 20.1 Å². The van der Waals surface area contributed by atoms with E-state index in [1.807, 2.05) is 6.07 Å². The Morgan fingerprint density at radius 2 is 2.08 bits per heavy atom. The summed E-state index contributed by atoms with van der Waals surface area (Å²) in [7, 11) is 1.72. The number of ether oxygens (including phenoxy) is 2. The summed E-state index contributed by atoms with van der Waals surface area (Å²) < 4.78 is 24.4. The van der Waals surface area contributed by atoms with Crippen LogP contribution in [0.15, 0.2) is 23.2 Å². The Kier molecular flexibility index (Phi) is 8.85. The van der Waals surface area contributed by atoms with E-state index in [0.717, 1.165) is 63.6 Å². The highest BCUT2D eigenvalue weighted by Gasteiger charge is 2.21. The Hall–Kier alpha value is -1.66. The predicted octanol–water partition coefficient (Wildman–Crippen LogP) is 3.12. The van der Waals surface area contributed by atoms with E-state index < -0.39 is 0 Å². The summed E-state index contributed by atoms with van der Waals surface area (Å²) in [4.78, 5) is 7.03. The first-order valence-electron chi connectivity index (χ1n) is 9.52. The van der Waals surface area contributed by atoms with E-state index in [0.29, 0.717) is 18.2 Å². The summed E-state index contributed by atoms with van der Waals surface area (Å²) in [5.41, 5.74) is 1.69. The third-order valence-electron chi connectivity index (χ3n) is 4.56. The van der Waals surface area contributed by atoms with Gasteiger partial charge in [-0.15, -0.1) is 0 Å². The number of hydrogen-bond acceptors (Lipinski definition) is 3. The molecule has 1 fully saturated rings. The van der Waals surface area contributed by atoms with E-state index >= 15 is 0 Å². The van der Waals surface area contributed by atoms with Crippen molar-refractivity contribution in [1.29, 1.82) is 0 Å². The van der Waals surface area contributed by atoms with Gasteiger partial charge in [-0.25, -0.2) is 9.38 Å². The second kappa shape index (κ2) is 11.1. The maximum atomic E-state index is 13.4. The smallest absolute Gasteiger partial charge is 0.194 e. The van der Waals surface area contributed by atoms with E-state index in [2.05, 4.69) is 17.1 Å². The summed E-state index contributed by atoms with van der Waals surface area (Å²) in [5.74, 6) is 0.754. The van der Waals surface area contributed by atoms with Gasteiger partial charge in [0.15, 0.2) is 5.96 Å². The van der Waals surface area contributed by atoms with Crippen LogP contribution in [-0.2, 0) is 16.0 Å². The fourth-order valence-corrected chi connectivity index (χ4v) is 3.08. The van der Waals surface area contributed by atoms with Gasteiger partial charge in [0.25, 0.3) is 0 Å². The molecule has 0 spiro atoms. The van der Waals surface area contributed by atoms with Crippen molar-refractivity contribution in [3.8, 4) is 0 Å². The van der Waals surface area contributed by atoms with Gasteiger partial charge >= 0.3 is 0 Å². The molecular weight excluding hydrogens is 333 g/mol. The fourth-order valence-electron chi connectivity index (χ4n) is 3.08. The minimum Gasteiger partial charge on any atom is -0.385 e. The molecular formula is C20H32FN3O2. The van der Waals surface area contributed by atoms with Gasteiger partial charge in [0.2, 0.25) is 0 Å². The van der Waals surface area contributed by atoms with Crippen molar-refractivity contribution in [2.75, 3.05) is 40.0 Å². The molecule has 1 aliphatic heterocycles. The summed E-state index contributed by atoms with van der Waals surface area (Å²) in [5, 5.41) is 3.37. The molecule has 0 aromatic heterocycles. The Labute approximate surface area is 156 Å². The van der Waals surface area contributed by atoms with Crippen molar-refractivity contribution in [3.63, 3.8) is 0 Å². The molecule has 6 heteroatoms. The highest BCUT2D eigenvalue weighted by atomic mass is 19.1. The van der Waals surface area contributed by atoms with Gasteiger partial charge in [0.1, 0.15) is 5.82 Å². The normalized spacial score (nSPS) is 16.2. The van der Waals surface area contributed by atoms with E-state index in [9.17, 15) is 4.39 Å². The van der Waals surface area contributed by atoms with Crippen molar-refractivity contribution >= 4 is 5.96 Å². The van der Waals surface area contributed by atoms with Gasteiger partial charge in [-0.05, 0) is 50.3 Å². The molecule has 1 saturated heterocycles. The fraction of sp³-hybridized carbons (Fsp3) is 0.650. The van der Waals surface area contributed by atoms with Gasteiger partial charge in [-0.3, -0.25) is 0 Å². The van der Waals surface area contributed by atoms with Crippen molar-refractivity contribution in [2.24, 2.45) is 4.99 Å². The molecule has 0 amide bonds. The number of hydrogen-bond donors (Lipinski definition) is 1. The van der Waals surface area contributed by atoms with Crippen LogP contribution in [0.25, 0.3) is 0 Å². The molecule has 5 nitrogen and oxygen atoms in total. The zero-order valence-corrected chi connectivity index (χ0v) is 16.3.